The maximum atomic E-state index is 9.08. The van der Waals surface area contributed by atoms with E-state index in [2.05, 4.69) is 11.1 Å². The zero-order valence-electron chi connectivity index (χ0n) is 9.09. The van der Waals surface area contributed by atoms with Gasteiger partial charge in [-0.05, 0) is 12.1 Å². The van der Waals surface area contributed by atoms with Crippen molar-refractivity contribution in [3.05, 3.63) is 36.0 Å². The summed E-state index contributed by atoms with van der Waals surface area (Å²) in [6.07, 6.45) is 1.60. The summed E-state index contributed by atoms with van der Waals surface area (Å²) in [5, 5.41) is 9.95. The molecule has 0 radical (unpaired) electrons. The fourth-order valence-electron chi connectivity index (χ4n) is 1.77. The van der Waals surface area contributed by atoms with Crippen molar-refractivity contribution in [2.75, 3.05) is 13.2 Å². The Morgan fingerprint density at radius 3 is 2.88 bits per heavy atom. The second-order valence-electron chi connectivity index (χ2n) is 3.91. The number of ether oxygens (including phenoxy) is 2. The van der Waals surface area contributed by atoms with E-state index >= 15 is 0 Å². The molecule has 17 heavy (non-hydrogen) atoms. The van der Waals surface area contributed by atoms with Crippen LogP contribution in [0.4, 0.5) is 0 Å². The number of fused-ring (bicyclic) bond motifs is 1. The molecule has 1 aromatic heterocycles. The average Bonchev–Trinajstić information content (AvgIpc) is 2.33. The molecule has 0 spiro atoms. The van der Waals surface area contributed by atoms with Crippen LogP contribution in [0, 0.1) is 11.3 Å². The topological polar surface area (TPSA) is 55.1 Å². The highest BCUT2D eigenvalue weighted by Crippen LogP contribution is 2.29. The molecule has 0 N–H and O–H groups in total. The van der Waals surface area contributed by atoms with Gasteiger partial charge in [-0.1, -0.05) is 12.1 Å². The first kappa shape index (κ1) is 10.1. The fraction of sp³-hybridized carbons (Fsp3) is 0.231. The van der Waals surface area contributed by atoms with Gasteiger partial charge in [0.1, 0.15) is 23.5 Å². The number of nitriles is 1. The highest BCUT2D eigenvalue weighted by molar-refractivity contribution is 5.87. The summed E-state index contributed by atoms with van der Waals surface area (Å²) in [5.41, 5.74) is 1.30. The summed E-state index contributed by atoms with van der Waals surface area (Å²) in [4.78, 5) is 4.23. The predicted molar refractivity (Wildman–Crippen MR) is 61.7 cm³/mol. The second kappa shape index (κ2) is 4.04. The van der Waals surface area contributed by atoms with Crippen LogP contribution < -0.4 is 4.74 Å². The fourth-order valence-corrected chi connectivity index (χ4v) is 1.77. The van der Waals surface area contributed by atoms with Gasteiger partial charge in [-0.2, -0.15) is 5.26 Å². The molecule has 1 fully saturated rings. The molecule has 1 saturated heterocycles. The molecule has 0 atom stereocenters. The normalized spacial score (nSPS) is 15.2. The summed E-state index contributed by atoms with van der Waals surface area (Å²) in [7, 11) is 0. The number of pyridine rings is 1. The summed E-state index contributed by atoms with van der Waals surface area (Å²) in [6, 6.07) is 9.76. The Kier molecular flexibility index (Phi) is 2.39. The minimum Gasteiger partial charge on any atom is -0.483 e. The van der Waals surface area contributed by atoms with Crippen molar-refractivity contribution in [2.45, 2.75) is 6.10 Å². The first-order valence-electron chi connectivity index (χ1n) is 5.41. The number of nitrogens with zero attached hydrogens (tertiary/aromatic N) is 2. The predicted octanol–water partition coefficient (Wildman–Crippen LogP) is 1.88. The smallest absolute Gasteiger partial charge is 0.148 e. The number of aromatic nitrogens is 1. The molecule has 1 aromatic carbocycles. The molecular weight excluding hydrogens is 216 g/mol. The van der Waals surface area contributed by atoms with Crippen molar-refractivity contribution in [3.63, 3.8) is 0 Å². The van der Waals surface area contributed by atoms with Crippen LogP contribution in [0.3, 0.4) is 0 Å². The molecule has 0 bridgehead atoms. The molecule has 84 valence electrons. The molecule has 1 aliphatic rings. The summed E-state index contributed by atoms with van der Waals surface area (Å²) in [5.74, 6) is 0.617. The molecule has 0 amide bonds. The lowest BCUT2D eigenvalue weighted by Gasteiger charge is -2.27. The molecule has 0 saturated carbocycles. The largest absolute Gasteiger partial charge is 0.483 e. The monoisotopic (exact) mass is 226 g/mol. The van der Waals surface area contributed by atoms with E-state index in [-0.39, 0.29) is 6.10 Å². The van der Waals surface area contributed by atoms with E-state index in [1.807, 2.05) is 24.3 Å². The van der Waals surface area contributed by atoms with Crippen molar-refractivity contribution in [2.24, 2.45) is 0 Å². The minimum absolute atomic E-state index is 0.0490. The second-order valence-corrected chi connectivity index (χ2v) is 3.91. The van der Waals surface area contributed by atoms with Crippen molar-refractivity contribution < 1.29 is 9.47 Å². The van der Waals surface area contributed by atoms with E-state index in [4.69, 9.17) is 14.7 Å². The highest BCUT2D eigenvalue weighted by atomic mass is 16.6. The van der Waals surface area contributed by atoms with Crippen LogP contribution >= 0.6 is 0 Å². The van der Waals surface area contributed by atoms with Crippen LogP contribution in [-0.2, 0) is 4.74 Å². The summed E-state index contributed by atoms with van der Waals surface area (Å²) >= 11 is 0. The zero-order valence-corrected chi connectivity index (χ0v) is 9.09. The van der Waals surface area contributed by atoms with E-state index < -0.39 is 0 Å². The molecule has 0 unspecified atom stereocenters. The molecule has 3 rings (SSSR count). The van der Waals surface area contributed by atoms with Crippen molar-refractivity contribution in [1.29, 1.82) is 5.26 Å². The Morgan fingerprint density at radius 1 is 1.35 bits per heavy atom. The van der Waals surface area contributed by atoms with Crippen molar-refractivity contribution >= 4 is 10.9 Å². The number of rotatable bonds is 2. The quantitative estimate of drug-likeness (QED) is 0.784. The summed E-state index contributed by atoms with van der Waals surface area (Å²) < 4.78 is 10.9. The third kappa shape index (κ3) is 1.71. The van der Waals surface area contributed by atoms with Gasteiger partial charge in [0.15, 0.2) is 0 Å². The van der Waals surface area contributed by atoms with E-state index in [1.54, 1.807) is 6.20 Å². The van der Waals surface area contributed by atoms with Crippen LogP contribution in [0.25, 0.3) is 10.9 Å². The Labute approximate surface area is 98.4 Å². The van der Waals surface area contributed by atoms with Gasteiger partial charge in [-0.15, -0.1) is 0 Å². The molecule has 4 nitrogen and oxygen atoms in total. The van der Waals surface area contributed by atoms with Gasteiger partial charge >= 0.3 is 0 Å². The SMILES string of the molecule is N#Cc1cnc2ccccc2c1OC1COC1. The molecule has 0 aliphatic carbocycles. The minimum atomic E-state index is 0.0490. The van der Waals surface area contributed by atoms with Gasteiger partial charge in [0.05, 0.1) is 18.7 Å². The highest BCUT2D eigenvalue weighted by Gasteiger charge is 2.22. The van der Waals surface area contributed by atoms with Crippen LogP contribution in [0.2, 0.25) is 0 Å². The molecular formula is C13H10N2O2. The number of para-hydroxylation sites is 1. The maximum Gasteiger partial charge on any atom is 0.148 e. The third-order valence-corrected chi connectivity index (χ3v) is 2.74. The van der Waals surface area contributed by atoms with Gasteiger partial charge < -0.3 is 9.47 Å². The standard InChI is InChI=1S/C13H10N2O2/c14-5-9-6-15-12-4-2-1-3-11(12)13(9)17-10-7-16-8-10/h1-4,6,10H,7-8H2. The number of benzene rings is 1. The van der Waals surface area contributed by atoms with Crippen LogP contribution in [0.15, 0.2) is 30.5 Å². The lowest BCUT2D eigenvalue weighted by atomic mass is 10.1. The molecule has 2 heterocycles. The molecule has 2 aromatic rings. The Morgan fingerprint density at radius 2 is 2.18 bits per heavy atom. The van der Waals surface area contributed by atoms with Gasteiger partial charge in [-0.25, -0.2) is 0 Å². The van der Waals surface area contributed by atoms with Crippen LogP contribution in [0.5, 0.6) is 5.75 Å². The van der Waals surface area contributed by atoms with E-state index in [9.17, 15) is 0 Å². The van der Waals surface area contributed by atoms with Crippen molar-refractivity contribution in [1.82, 2.24) is 4.98 Å². The Balaban J connectivity index is 2.13. The number of hydrogen-bond acceptors (Lipinski definition) is 4. The van der Waals surface area contributed by atoms with Crippen LogP contribution in [0.1, 0.15) is 5.56 Å². The van der Waals surface area contributed by atoms with Gasteiger partial charge in [0.2, 0.25) is 0 Å². The first-order chi connectivity index (χ1) is 8.38. The van der Waals surface area contributed by atoms with Crippen LogP contribution in [-0.4, -0.2) is 24.3 Å². The Bertz CT molecular complexity index is 600. The lowest BCUT2D eigenvalue weighted by Crippen LogP contribution is -2.38. The van der Waals surface area contributed by atoms with E-state index in [0.29, 0.717) is 24.5 Å². The molecule has 1 aliphatic heterocycles. The number of hydrogen-bond donors (Lipinski definition) is 0. The Hall–Kier alpha value is -2.12. The average molecular weight is 226 g/mol. The summed E-state index contributed by atoms with van der Waals surface area (Å²) in [6.45, 7) is 1.17. The zero-order chi connectivity index (χ0) is 11.7. The van der Waals surface area contributed by atoms with Gasteiger partial charge in [-0.3, -0.25) is 4.98 Å². The maximum absolute atomic E-state index is 9.08. The first-order valence-corrected chi connectivity index (χ1v) is 5.41. The lowest BCUT2D eigenvalue weighted by molar-refractivity contribution is -0.0792. The van der Waals surface area contributed by atoms with E-state index in [1.165, 1.54) is 0 Å². The van der Waals surface area contributed by atoms with Gasteiger partial charge in [0, 0.05) is 11.6 Å². The van der Waals surface area contributed by atoms with E-state index in [0.717, 1.165) is 10.9 Å². The third-order valence-electron chi connectivity index (χ3n) is 2.74. The molecule has 4 heteroatoms. The van der Waals surface area contributed by atoms with Crippen molar-refractivity contribution in [3.8, 4) is 11.8 Å². The van der Waals surface area contributed by atoms with Gasteiger partial charge in [0.25, 0.3) is 0 Å².